The maximum atomic E-state index is 11.3. The summed E-state index contributed by atoms with van der Waals surface area (Å²) in [5.74, 6) is 0.144. The van der Waals surface area contributed by atoms with E-state index in [-0.39, 0.29) is 11.8 Å². The molecule has 1 aliphatic rings. The largest absolute Gasteiger partial charge is 0.324 e. The van der Waals surface area contributed by atoms with Gasteiger partial charge in [-0.15, -0.1) is 0 Å². The van der Waals surface area contributed by atoms with Crippen LogP contribution in [0.25, 0.3) is 0 Å². The Bertz CT molecular complexity index is 463. The van der Waals surface area contributed by atoms with Gasteiger partial charge in [0.15, 0.2) is 5.78 Å². The highest BCUT2D eigenvalue weighted by Crippen LogP contribution is 2.32. The van der Waals surface area contributed by atoms with E-state index in [0.717, 1.165) is 24.0 Å². The summed E-state index contributed by atoms with van der Waals surface area (Å²) < 4.78 is 0. The molecule has 2 heteroatoms. The summed E-state index contributed by atoms with van der Waals surface area (Å²) in [5, 5.41) is 0. The Hall–Kier alpha value is -1.15. The minimum atomic E-state index is 0.144. The van der Waals surface area contributed by atoms with E-state index in [1.165, 1.54) is 11.1 Å². The second-order valence-corrected chi connectivity index (χ2v) is 7.01. The van der Waals surface area contributed by atoms with Crippen LogP contribution < -0.4 is 5.73 Å². The smallest absolute Gasteiger partial charge is 0.160 e. The fourth-order valence-corrected chi connectivity index (χ4v) is 2.29. The van der Waals surface area contributed by atoms with Crippen LogP contribution in [0.5, 0.6) is 0 Å². The summed E-state index contributed by atoms with van der Waals surface area (Å²) in [4.78, 5) is 11.3. The number of carbonyl (C=O) groups is 1. The molecule has 0 saturated heterocycles. The lowest BCUT2D eigenvalue weighted by Crippen LogP contribution is -2.06. The predicted octanol–water partition coefficient (Wildman–Crippen LogP) is 4.20. The molecule has 0 spiro atoms. The number of Topliss-reactive ketones (excluding diaryl/α,β-unsaturated/α-hetero) is 1. The van der Waals surface area contributed by atoms with Crippen LogP contribution in [-0.4, -0.2) is 5.78 Å². The Labute approximate surface area is 117 Å². The Kier molecular flexibility index (Phi) is 4.92. The molecule has 0 bridgehead atoms. The first-order valence-electron chi connectivity index (χ1n) is 7.00. The van der Waals surface area contributed by atoms with Crippen LogP contribution in [0.1, 0.15) is 74.1 Å². The molecular weight excluding hydrogens is 234 g/mol. The second-order valence-electron chi connectivity index (χ2n) is 7.01. The van der Waals surface area contributed by atoms with Crippen LogP contribution in [0.2, 0.25) is 0 Å². The topological polar surface area (TPSA) is 43.1 Å². The Balaban J connectivity index is 0.000000312. The molecule has 1 aromatic rings. The number of benzene rings is 1. The van der Waals surface area contributed by atoms with Crippen molar-refractivity contribution < 1.29 is 4.79 Å². The maximum absolute atomic E-state index is 11.3. The molecule has 106 valence electrons. The van der Waals surface area contributed by atoms with Crippen LogP contribution in [0.3, 0.4) is 0 Å². The van der Waals surface area contributed by atoms with Gasteiger partial charge in [-0.2, -0.15) is 0 Å². The highest BCUT2D eigenvalue weighted by atomic mass is 16.1. The molecule has 1 aromatic carbocycles. The third-order valence-corrected chi connectivity index (χ3v) is 3.12. The van der Waals surface area contributed by atoms with Gasteiger partial charge in [-0.1, -0.05) is 39.8 Å². The third kappa shape index (κ3) is 4.46. The average Bonchev–Trinajstić information content (AvgIpc) is 2.59. The zero-order valence-electron chi connectivity index (χ0n) is 13.1. The van der Waals surface area contributed by atoms with Gasteiger partial charge in [-0.3, -0.25) is 4.79 Å². The molecular formula is C17H27NO. The lowest BCUT2D eigenvalue weighted by atomic mass is 9.96. The van der Waals surface area contributed by atoms with Gasteiger partial charge < -0.3 is 5.73 Å². The normalized spacial score (nSPS) is 17.5. The molecule has 0 fully saturated rings. The lowest BCUT2D eigenvalue weighted by Gasteiger charge is -2.09. The van der Waals surface area contributed by atoms with Crippen LogP contribution in [0.15, 0.2) is 12.1 Å². The van der Waals surface area contributed by atoms with E-state index in [0.29, 0.717) is 5.41 Å². The summed E-state index contributed by atoms with van der Waals surface area (Å²) in [5.41, 5.74) is 11.0. The van der Waals surface area contributed by atoms with Crippen molar-refractivity contribution in [3.63, 3.8) is 0 Å². The van der Waals surface area contributed by atoms with Gasteiger partial charge in [0.25, 0.3) is 0 Å². The zero-order chi connectivity index (χ0) is 14.8. The fourth-order valence-electron chi connectivity index (χ4n) is 2.29. The molecule has 0 aliphatic heterocycles. The molecule has 2 rings (SSSR count). The first-order valence-corrected chi connectivity index (χ1v) is 7.00. The molecule has 1 atom stereocenters. The molecule has 19 heavy (non-hydrogen) atoms. The minimum Gasteiger partial charge on any atom is -0.324 e. The van der Waals surface area contributed by atoms with Gasteiger partial charge in [0, 0.05) is 11.6 Å². The lowest BCUT2D eigenvalue weighted by molar-refractivity contribution is 0.101. The minimum absolute atomic E-state index is 0.144. The second kappa shape index (κ2) is 5.87. The molecule has 1 unspecified atom stereocenters. The predicted molar refractivity (Wildman–Crippen MR) is 81.6 cm³/mol. The maximum Gasteiger partial charge on any atom is 0.160 e. The first kappa shape index (κ1) is 15.9. The van der Waals surface area contributed by atoms with Crippen molar-refractivity contribution in [3.8, 4) is 0 Å². The van der Waals surface area contributed by atoms with E-state index in [1.54, 1.807) is 6.92 Å². The van der Waals surface area contributed by atoms with Gasteiger partial charge in [0.2, 0.25) is 0 Å². The zero-order valence-corrected chi connectivity index (χ0v) is 13.1. The van der Waals surface area contributed by atoms with E-state index >= 15 is 0 Å². The Morgan fingerprint density at radius 3 is 2.26 bits per heavy atom. The van der Waals surface area contributed by atoms with Crippen LogP contribution in [0, 0.1) is 12.3 Å². The van der Waals surface area contributed by atoms with Gasteiger partial charge >= 0.3 is 0 Å². The van der Waals surface area contributed by atoms with Gasteiger partial charge in [0.05, 0.1) is 0 Å². The van der Waals surface area contributed by atoms with Crippen molar-refractivity contribution in [3.05, 3.63) is 34.4 Å². The molecule has 0 aromatic heterocycles. The van der Waals surface area contributed by atoms with Crippen molar-refractivity contribution in [2.24, 2.45) is 11.1 Å². The average molecular weight is 261 g/mol. The SMILES string of the molecule is CC(=O)c1ccc2c(c1C)CCC2N.CC(C)(C)C. The van der Waals surface area contributed by atoms with E-state index < -0.39 is 0 Å². The van der Waals surface area contributed by atoms with E-state index in [4.69, 9.17) is 5.73 Å². The fraction of sp³-hybridized carbons (Fsp3) is 0.588. The van der Waals surface area contributed by atoms with E-state index in [1.807, 2.05) is 19.1 Å². The Morgan fingerprint density at radius 2 is 1.79 bits per heavy atom. The first-order chi connectivity index (χ1) is 8.61. The number of fused-ring (bicyclic) bond motifs is 1. The number of rotatable bonds is 1. The number of ketones is 1. The number of hydrogen-bond donors (Lipinski definition) is 1. The highest BCUT2D eigenvalue weighted by Gasteiger charge is 2.22. The molecule has 0 saturated carbocycles. The van der Waals surface area contributed by atoms with Gasteiger partial charge in [0.1, 0.15) is 0 Å². The summed E-state index contributed by atoms with van der Waals surface area (Å²) in [6.45, 7) is 12.4. The molecule has 1 aliphatic carbocycles. The Morgan fingerprint density at radius 1 is 1.26 bits per heavy atom. The van der Waals surface area contributed by atoms with Gasteiger partial charge in [-0.05, 0) is 48.8 Å². The monoisotopic (exact) mass is 261 g/mol. The number of carbonyl (C=O) groups excluding carboxylic acids is 1. The van der Waals surface area contributed by atoms with Crippen molar-refractivity contribution in [2.45, 2.75) is 60.4 Å². The standard InChI is InChI=1S/C12H15NO.C5H12/c1-7-9(8(2)14)3-4-11-10(7)5-6-12(11)13;1-5(2,3)4/h3-4,12H,5-6,13H2,1-2H3;1-4H3. The summed E-state index contributed by atoms with van der Waals surface area (Å²) in [7, 11) is 0. The molecule has 0 radical (unpaired) electrons. The number of nitrogens with two attached hydrogens (primary N) is 1. The molecule has 0 amide bonds. The summed E-state index contributed by atoms with van der Waals surface area (Å²) in [6.07, 6.45) is 2.03. The van der Waals surface area contributed by atoms with Crippen molar-refractivity contribution >= 4 is 5.78 Å². The van der Waals surface area contributed by atoms with Crippen molar-refractivity contribution in [2.75, 3.05) is 0 Å². The summed E-state index contributed by atoms with van der Waals surface area (Å²) >= 11 is 0. The van der Waals surface area contributed by atoms with Crippen LogP contribution >= 0.6 is 0 Å². The number of hydrogen-bond acceptors (Lipinski definition) is 2. The van der Waals surface area contributed by atoms with Crippen LogP contribution in [-0.2, 0) is 6.42 Å². The highest BCUT2D eigenvalue weighted by molar-refractivity contribution is 5.96. The van der Waals surface area contributed by atoms with Crippen molar-refractivity contribution in [1.29, 1.82) is 0 Å². The molecule has 0 heterocycles. The van der Waals surface area contributed by atoms with Crippen molar-refractivity contribution in [1.82, 2.24) is 0 Å². The third-order valence-electron chi connectivity index (χ3n) is 3.12. The summed E-state index contributed by atoms with van der Waals surface area (Å²) in [6, 6.07) is 4.09. The molecule has 2 N–H and O–H groups in total. The van der Waals surface area contributed by atoms with E-state index in [2.05, 4.69) is 27.7 Å². The quantitative estimate of drug-likeness (QED) is 0.770. The van der Waals surface area contributed by atoms with Gasteiger partial charge in [-0.25, -0.2) is 0 Å². The van der Waals surface area contributed by atoms with E-state index in [9.17, 15) is 4.79 Å². The molecule has 2 nitrogen and oxygen atoms in total. The van der Waals surface area contributed by atoms with Crippen LogP contribution in [0.4, 0.5) is 0 Å².